The molecule has 1 N–H and O–H groups in total. The molecule has 0 saturated carbocycles. The molecule has 1 aromatic carbocycles. The summed E-state index contributed by atoms with van der Waals surface area (Å²) < 4.78 is 13.9. The molecule has 0 radical (unpaired) electrons. The van der Waals surface area contributed by atoms with Crippen molar-refractivity contribution >= 4 is 5.91 Å². The number of carbonyl (C=O) groups excluding carboxylic acids is 1. The summed E-state index contributed by atoms with van der Waals surface area (Å²) in [4.78, 5) is 17.9. The molecule has 5 nitrogen and oxygen atoms in total. The summed E-state index contributed by atoms with van der Waals surface area (Å²) in [5.74, 6) is -0.851. The van der Waals surface area contributed by atoms with Gasteiger partial charge in [0, 0.05) is 24.0 Å². The number of fused-ring (bicyclic) bond motifs is 1. The second-order valence-electron chi connectivity index (χ2n) is 6.27. The molecule has 6 heteroatoms. The van der Waals surface area contributed by atoms with Gasteiger partial charge in [-0.05, 0) is 48.2 Å². The molecule has 2 atom stereocenters. The van der Waals surface area contributed by atoms with Crippen molar-refractivity contribution in [1.29, 1.82) is 5.26 Å². The molecule has 1 heterocycles. The molecule has 26 heavy (non-hydrogen) atoms. The first kappa shape index (κ1) is 17.8. The predicted molar refractivity (Wildman–Crippen MR) is 93.4 cm³/mol. The summed E-state index contributed by atoms with van der Waals surface area (Å²) >= 11 is 0. The number of hydrogen-bond acceptors (Lipinski definition) is 4. The third-order valence-electron chi connectivity index (χ3n) is 4.66. The molecular weight excluding hydrogens is 333 g/mol. The first-order valence-corrected chi connectivity index (χ1v) is 8.26. The van der Waals surface area contributed by atoms with Crippen LogP contribution in [0.2, 0.25) is 0 Å². The largest absolute Gasteiger partial charge is 0.386 e. The summed E-state index contributed by atoms with van der Waals surface area (Å²) in [5, 5.41) is 19.5. The van der Waals surface area contributed by atoms with Crippen LogP contribution in [-0.4, -0.2) is 33.5 Å². The Morgan fingerprint density at radius 2 is 2.23 bits per heavy atom. The van der Waals surface area contributed by atoms with Gasteiger partial charge in [0.1, 0.15) is 11.9 Å². The van der Waals surface area contributed by atoms with Gasteiger partial charge >= 0.3 is 0 Å². The van der Waals surface area contributed by atoms with Crippen molar-refractivity contribution in [3.63, 3.8) is 0 Å². The Morgan fingerprint density at radius 3 is 2.85 bits per heavy atom. The highest BCUT2D eigenvalue weighted by molar-refractivity contribution is 5.87. The zero-order valence-corrected chi connectivity index (χ0v) is 14.1. The summed E-state index contributed by atoms with van der Waals surface area (Å²) in [7, 11) is 0. The Morgan fingerprint density at radius 1 is 1.50 bits per heavy atom. The molecule has 1 aliphatic rings. The van der Waals surface area contributed by atoms with Crippen LogP contribution in [0.1, 0.15) is 28.4 Å². The maximum atomic E-state index is 13.9. The van der Waals surface area contributed by atoms with Crippen molar-refractivity contribution in [3.05, 3.63) is 77.4 Å². The van der Waals surface area contributed by atoms with E-state index in [1.54, 1.807) is 35.5 Å². The quantitative estimate of drug-likeness (QED) is 0.839. The van der Waals surface area contributed by atoms with Crippen LogP contribution in [0.3, 0.4) is 0 Å². The van der Waals surface area contributed by atoms with E-state index in [-0.39, 0.29) is 24.1 Å². The van der Waals surface area contributed by atoms with Gasteiger partial charge in [-0.25, -0.2) is 4.39 Å². The number of carbonyl (C=O) groups is 1. The molecule has 0 fully saturated rings. The van der Waals surface area contributed by atoms with Crippen molar-refractivity contribution in [3.8, 4) is 6.07 Å². The SMILES string of the molecule is C=CC(=O)N(CC(O)c1cccnc1)C1Cc2cc(F)c(C#N)cc2C1. The number of rotatable bonds is 5. The van der Waals surface area contributed by atoms with Gasteiger partial charge in [0.25, 0.3) is 0 Å². The van der Waals surface area contributed by atoms with Crippen LogP contribution in [0, 0.1) is 17.1 Å². The van der Waals surface area contributed by atoms with Crippen LogP contribution in [0.25, 0.3) is 0 Å². The zero-order chi connectivity index (χ0) is 18.7. The van der Waals surface area contributed by atoms with Gasteiger partial charge in [0.15, 0.2) is 0 Å². The molecule has 2 aromatic rings. The highest BCUT2D eigenvalue weighted by Gasteiger charge is 2.31. The van der Waals surface area contributed by atoms with E-state index in [1.807, 2.05) is 6.07 Å². The number of aliphatic hydroxyl groups is 1. The summed E-state index contributed by atoms with van der Waals surface area (Å²) in [6.07, 6.45) is 4.46. The number of pyridine rings is 1. The number of amides is 1. The molecule has 0 spiro atoms. The maximum absolute atomic E-state index is 13.9. The number of halogens is 1. The van der Waals surface area contributed by atoms with Crippen LogP contribution in [0.15, 0.2) is 49.3 Å². The Kier molecular flexibility index (Phi) is 5.10. The molecule has 1 amide bonds. The molecule has 3 rings (SSSR count). The van der Waals surface area contributed by atoms with Crippen LogP contribution in [-0.2, 0) is 17.6 Å². The van der Waals surface area contributed by atoms with Crippen molar-refractivity contribution in [2.24, 2.45) is 0 Å². The Hall–Kier alpha value is -3.04. The molecule has 132 valence electrons. The number of nitriles is 1. The third-order valence-corrected chi connectivity index (χ3v) is 4.66. The van der Waals surface area contributed by atoms with E-state index in [1.165, 1.54) is 12.1 Å². The average molecular weight is 351 g/mol. The highest BCUT2D eigenvalue weighted by Crippen LogP contribution is 2.29. The number of nitrogens with zero attached hydrogens (tertiary/aromatic N) is 3. The normalized spacial score (nSPS) is 16.4. The summed E-state index contributed by atoms with van der Waals surface area (Å²) in [5.41, 5.74) is 2.25. The van der Waals surface area contributed by atoms with Crippen LogP contribution in [0.5, 0.6) is 0 Å². The van der Waals surface area contributed by atoms with E-state index in [0.717, 1.165) is 11.1 Å². The predicted octanol–water partition coefficient (Wildman–Crippen LogP) is 2.31. The highest BCUT2D eigenvalue weighted by atomic mass is 19.1. The van der Waals surface area contributed by atoms with E-state index in [9.17, 15) is 14.3 Å². The van der Waals surface area contributed by atoms with Crippen LogP contribution >= 0.6 is 0 Å². The second kappa shape index (κ2) is 7.46. The Balaban J connectivity index is 1.82. The standard InChI is InChI=1S/C20H18FN3O2/c1-2-20(26)24(12-19(25)13-4-3-5-23-11-13)17-7-14-6-16(10-22)18(21)9-15(14)8-17/h2-6,9,11,17,19,25H,1,7-8,12H2. The first-order chi connectivity index (χ1) is 12.5. The van der Waals surface area contributed by atoms with Crippen LogP contribution in [0.4, 0.5) is 4.39 Å². The summed E-state index contributed by atoms with van der Waals surface area (Å²) in [6.45, 7) is 3.62. The fourth-order valence-corrected chi connectivity index (χ4v) is 3.33. The number of hydrogen-bond donors (Lipinski definition) is 1. The minimum absolute atomic E-state index is 0.00129. The van der Waals surface area contributed by atoms with E-state index in [0.29, 0.717) is 18.4 Å². The van der Waals surface area contributed by atoms with Crippen molar-refractivity contribution in [1.82, 2.24) is 9.88 Å². The van der Waals surface area contributed by atoms with Crippen LogP contribution < -0.4 is 0 Å². The third kappa shape index (κ3) is 3.48. The Bertz CT molecular complexity index is 877. The maximum Gasteiger partial charge on any atom is 0.246 e. The Labute approximate surface area is 151 Å². The topological polar surface area (TPSA) is 77.2 Å². The fraction of sp³-hybridized carbons (Fsp3) is 0.250. The van der Waals surface area contributed by atoms with E-state index in [2.05, 4.69) is 11.6 Å². The average Bonchev–Trinajstić information content (AvgIpc) is 3.07. The van der Waals surface area contributed by atoms with Gasteiger partial charge in [-0.2, -0.15) is 5.26 Å². The van der Waals surface area contributed by atoms with Crippen molar-refractivity contribution in [2.75, 3.05) is 6.54 Å². The number of aromatic nitrogens is 1. The minimum atomic E-state index is -0.886. The van der Waals surface area contributed by atoms with Gasteiger partial charge in [0.05, 0.1) is 18.2 Å². The lowest BCUT2D eigenvalue weighted by Crippen LogP contribution is -2.42. The molecule has 2 unspecified atom stereocenters. The van der Waals surface area contributed by atoms with E-state index >= 15 is 0 Å². The van der Waals surface area contributed by atoms with Crippen molar-refractivity contribution < 1.29 is 14.3 Å². The lowest BCUT2D eigenvalue weighted by Gasteiger charge is -2.30. The monoisotopic (exact) mass is 351 g/mol. The lowest BCUT2D eigenvalue weighted by molar-refractivity contribution is -0.129. The zero-order valence-electron chi connectivity index (χ0n) is 14.1. The van der Waals surface area contributed by atoms with E-state index in [4.69, 9.17) is 5.26 Å². The number of aliphatic hydroxyl groups excluding tert-OH is 1. The van der Waals surface area contributed by atoms with Gasteiger partial charge in [-0.3, -0.25) is 9.78 Å². The fourth-order valence-electron chi connectivity index (χ4n) is 3.33. The van der Waals surface area contributed by atoms with Gasteiger partial charge in [0.2, 0.25) is 5.91 Å². The molecule has 0 aliphatic heterocycles. The lowest BCUT2D eigenvalue weighted by atomic mass is 10.1. The minimum Gasteiger partial charge on any atom is -0.386 e. The molecular formula is C20H18FN3O2. The smallest absolute Gasteiger partial charge is 0.246 e. The van der Waals surface area contributed by atoms with Gasteiger partial charge < -0.3 is 10.0 Å². The number of benzene rings is 1. The van der Waals surface area contributed by atoms with E-state index < -0.39 is 11.9 Å². The molecule has 0 bridgehead atoms. The second-order valence-corrected chi connectivity index (χ2v) is 6.27. The molecule has 1 aromatic heterocycles. The van der Waals surface area contributed by atoms with Crippen molar-refractivity contribution in [2.45, 2.75) is 25.0 Å². The summed E-state index contributed by atoms with van der Waals surface area (Å²) in [6, 6.07) is 7.98. The first-order valence-electron chi connectivity index (χ1n) is 8.26. The van der Waals surface area contributed by atoms with Gasteiger partial charge in [-0.1, -0.05) is 12.6 Å². The molecule has 0 saturated heterocycles. The molecule has 1 aliphatic carbocycles. The van der Waals surface area contributed by atoms with Gasteiger partial charge in [-0.15, -0.1) is 0 Å².